The van der Waals surface area contributed by atoms with Crippen molar-refractivity contribution in [3.05, 3.63) is 33.9 Å². The lowest BCUT2D eigenvalue weighted by Gasteiger charge is -2.17. The molecule has 1 atom stereocenters. The molecule has 0 heterocycles. The van der Waals surface area contributed by atoms with E-state index in [1.54, 1.807) is 12.1 Å². The fourth-order valence-corrected chi connectivity index (χ4v) is 1.44. The topological polar surface area (TPSA) is 105 Å². The third-order valence-corrected chi connectivity index (χ3v) is 2.72. The number of nitro groups is 1. The molecule has 1 unspecified atom stereocenters. The highest BCUT2D eigenvalue weighted by Gasteiger charge is 2.20. The van der Waals surface area contributed by atoms with E-state index < -0.39 is 4.92 Å². The number of nitrogens with one attached hydrogen (secondary N) is 1. The molecule has 0 bridgehead atoms. The van der Waals surface area contributed by atoms with Gasteiger partial charge in [-0.1, -0.05) is 19.9 Å². The second-order valence-electron chi connectivity index (χ2n) is 4.36. The molecule has 0 aliphatic rings. The van der Waals surface area contributed by atoms with Crippen LogP contribution in [0.2, 0.25) is 0 Å². The van der Waals surface area contributed by atoms with E-state index in [1.807, 2.05) is 19.9 Å². The van der Waals surface area contributed by atoms with Crippen LogP contribution in [0.15, 0.2) is 18.2 Å². The Morgan fingerprint density at radius 3 is 2.72 bits per heavy atom. The summed E-state index contributed by atoms with van der Waals surface area (Å²) >= 11 is 0. The third-order valence-electron chi connectivity index (χ3n) is 2.72. The Bertz CT molecular complexity index is 479. The summed E-state index contributed by atoms with van der Waals surface area (Å²) in [6, 6.07) is 6.32. The summed E-state index contributed by atoms with van der Waals surface area (Å²) < 4.78 is 0. The van der Waals surface area contributed by atoms with Crippen LogP contribution in [-0.2, 0) is 0 Å². The SMILES string of the molecule is CC(C)C(N)CNc1cccc(C#N)c1[N+](=O)[O-]. The predicted molar refractivity (Wildman–Crippen MR) is 69.1 cm³/mol. The number of para-hydroxylation sites is 1. The number of benzene rings is 1. The molecule has 0 saturated carbocycles. The smallest absolute Gasteiger partial charge is 0.309 e. The maximum absolute atomic E-state index is 11.0. The molecule has 6 heteroatoms. The van der Waals surface area contributed by atoms with Crippen LogP contribution in [0, 0.1) is 27.4 Å². The van der Waals surface area contributed by atoms with E-state index in [2.05, 4.69) is 5.32 Å². The van der Waals surface area contributed by atoms with Crippen LogP contribution in [-0.4, -0.2) is 17.5 Å². The van der Waals surface area contributed by atoms with Crippen LogP contribution >= 0.6 is 0 Å². The Morgan fingerprint density at radius 1 is 1.56 bits per heavy atom. The highest BCUT2D eigenvalue weighted by molar-refractivity contribution is 5.68. The van der Waals surface area contributed by atoms with E-state index in [0.717, 1.165) is 0 Å². The maximum Gasteiger partial charge on any atom is 0.309 e. The predicted octanol–water partition coefficient (Wildman–Crippen LogP) is 1.86. The Morgan fingerprint density at radius 2 is 2.22 bits per heavy atom. The molecule has 6 nitrogen and oxygen atoms in total. The van der Waals surface area contributed by atoms with E-state index in [1.165, 1.54) is 6.07 Å². The van der Waals surface area contributed by atoms with Crippen molar-refractivity contribution in [3.63, 3.8) is 0 Å². The van der Waals surface area contributed by atoms with Crippen LogP contribution in [0.25, 0.3) is 0 Å². The quantitative estimate of drug-likeness (QED) is 0.611. The number of nitrogens with zero attached hydrogens (tertiary/aromatic N) is 2. The molecule has 0 amide bonds. The first-order valence-corrected chi connectivity index (χ1v) is 5.64. The van der Waals surface area contributed by atoms with Crippen molar-refractivity contribution in [2.75, 3.05) is 11.9 Å². The van der Waals surface area contributed by atoms with Gasteiger partial charge in [0, 0.05) is 12.6 Å². The first-order chi connectivity index (χ1) is 8.47. The molecule has 1 rings (SSSR count). The van der Waals surface area contributed by atoms with Crippen LogP contribution in [0.4, 0.5) is 11.4 Å². The normalized spacial score (nSPS) is 11.9. The lowest BCUT2D eigenvalue weighted by molar-refractivity contribution is -0.384. The van der Waals surface area contributed by atoms with E-state index in [4.69, 9.17) is 11.0 Å². The zero-order valence-electron chi connectivity index (χ0n) is 10.4. The molecule has 1 aromatic rings. The van der Waals surface area contributed by atoms with Gasteiger partial charge in [0.15, 0.2) is 0 Å². The lowest BCUT2D eigenvalue weighted by atomic mass is 10.1. The van der Waals surface area contributed by atoms with Crippen molar-refractivity contribution in [3.8, 4) is 6.07 Å². The van der Waals surface area contributed by atoms with Gasteiger partial charge in [-0.2, -0.15) is 5.26 Å². The Kier molecular flexibility index (Phi) is 4.63. The summed E-state index contributed by atoms with van der Waals surface area (Å²) in [5.74, 6) is 0.274. The first-order valence-electron chi connectivity index (χ1n) is 5.64. The second-order valence-corrected chi connectivity index (χ2v) is 4.36. The van der Waals surface area contributed by atoms with Gasteiger partial charge in [0.05, 0.1) is 4.92 Å². The number of nitro benzene ring substituents is 1. The van der Waals surface area contributed by atoms with Crippen LogP contribution in [0.5, 0.6) is 0 Å². The molecule has 0 spiro atoms. The Labute approximate surface area is 106 Å². The highest BCUT2D eigenvalue weighted by atomic mass is 16.6. The van der Waals surface area contributed by atoms with Gasteiger partial charge in [-0.05, 0) is 18.1 Å². The molecule has 0 fully saturated rings. The molecule has 0 aliphatic carbocycles. The minimum Gasteiger partial charge on any atom is -0.378 e. The zero-order chi connectivity index (χ0) is 13.7. The van der Waals surface area contributed by atoms with Gasteiger partial charge in [-0.3, -0.25) is 10.1 Å². The van der Waals surface area contributed by atoms with E-state index in [9.17, 15) is 10.1 Å². The Balaban J connectivity index is 2.96. The van der Waals surface area contributed by atoms with Gasteiger partial charge in [0.2, 0.25) is 0 Å². The number of nitriles is 1. The summed E-state index contributed by atoms with van der Waals surface area (Å²) in [5, 5.41) is 22.7. The second kappa shape index (κ2) is 5.98. The van der Waals surface area contributed by atoms with Gasteiger partial charge in [-0.25, -0.2) is 0 Å². The molecule has 18 heavy (non-hydrogen) atoms. The molecule has 0 saturated heterocycles. The van der Waals surface area contributed by atoms with Crippen LogP contribution < -0.4 is 11.1 Å². The number of hydrogen-bond acceptors (Lipinski definition) is 5. The number of rotatable bonds is 5. The zero-order valence-corrected chi connectivity index (χ0v) is 10.4. The average Bonchev–Trinajstić information content (AvgIpc) is 2.34. The van der Waals surface area contributed by atoms with Gasteiger partial charge in [0.1, 0.15) is 17.3 Å². The summed E-state index contributed by atoms with van der Waals surface area (Å²) in [6.07, 6.45) is 0. The lowest BCUT2D eigenvalue weighted by Crippen LogP contribution is -2.34. The molecule has 1 aromatic carbocycles. The summed E-state index contributed by atoms with van der Waals surface area (Å²) in [7, 11) is 0. The van der Waals surface area contributed by atoms with Crippen molar-refractivity contribution in [2.24, 2.45) is 11.7 Å². The number of hydrogen-bond donors (Lipinski definition) is 2. The van der Waals surface area contributed by atoms with Crippen LogP contribution in [0.3, 0.4) is 0 Å². The van der Waals surface area contributed by atoms with Crippen molar-refractivity contribution in [1.82, 2.24) is 0 Å². The first kappa shape index (κ1) is 13.9. The fourth-order valence-electron chi connectivity index (χ4n) is 1.44. The average molecular weight is 248 g/mol. The van der Waals surface area contributed by atoms with Crippen LogP contribution in [0.1, 0.15) is 19.4 Å². The standard InChI is InChI=1S/C12H16N4O2/c1-8(2)10(14)7-15-11-5-3-4-9(6-13)12(11)16(17)18/h3-5,8,10,15H,7,14H2,1-2H3. The maximum atomic E-state index is 11.0. The van der Waals surface area contributed by atoms with Crippen molar-refractivity contribution < 1.29 is 4.92 Å². The minimum absolute atomic E-state index is 0.0446. The fraction of sp³-hybridized carbons (Fsp3) is 0.417. The van der Waals surface area contributed by atoms with Crippen molar-refractivity contribution >= 4 is 11.4 Å². The highest BCUT2D eigenvalue weighted by Crippen LogP contribution is 2.27. The summed E-state index contributed by atoms with van der Waals surface area (Å²) in [4.78, 5) is 10.4. The van der Waals surface area contributed by atoms with E-state index in [0.29, 0.717) is 12.2 Å². The van der Waals surface area contributed by atoms with Crippen molar-refractivity contribution in [2.45, 2.75) is 19.9 Å². The molecule has 0 radical (unpaired) electrons. The molecular weight excluding hydrogens is 232 g/mol. The third kappa shape index (κ3) is 3.18. The van der Waals surface area contributed by atoms with E-state index >= 15 is 0 Å². The summed E-state index contributed by atoms with van der Waals surface area (Å²) in [6.45, 7) is 4.38. The van der Waals surface area contributed by atoms with Gasteiger partial charge < -0.3 is 11.1 Å². The van der Waals surface area contributed by atoms with Gasteiger partial charge in [-0.15, -0.1) is 0 Å². The number of anilines is 1. The monoisotopic (exact) mass is 248 g/mol. The number of nitrogens with two attached hydrogens (primary N) is 1. The molecule has 0 aliphatic heterocycles. The Hall–Kier alpha value is -2.13. The summed E-state index contributed by atoms with van der Waals surface area (Å²) in [5.41, 5.74) is 6.04. The molecule has 96 valence electrons. The van der Waals surface area contributed by atoms with Gasteiger partial charge in [0.25, 0.3) is 0 Å². The largest absolute Gasteiger partial charge is 0.378 e. The minimum atomic E-state index is -0.554. The van der Waals surface area contributed by atoms with Gasteiger partial charge >= 0.3 is 5.69 Å². The van der Waals surface area contributed by atoms with E-state index in [-0.39, 0.29) is 23.2 Å². The van der Waals surface area contributed by atoms with Crippen molar-refractivity contribution in [1.29, 1.82) is 5.26 Å². The molecule has 3 N–H and O–H groups in total. The molecule has 0 aromatic heterocycles. The molecular formula is C12H16N4O2.